The number of pyridine rings is 1. The van der Waals surface area contributed by atoms with Gasteiger partial charge in [0.15, 0.2) is 0 Å². The number of hydrogen-bond donors (Lipinski definition) is 1. The van der Waals surface area contributed by atoms with Crippen molar-refractivity contribution in [3.63, 3.8) is 0 Å². The number of hydrogen-bond acceptors (Lipinski definition) is 2. The molecule has 2 rings (SSSR count). The van der Waals surface area contributed by atoms with E-state index in [0.717, 1.165) is 22.9 Å². The number of nitrogens with one attached hydrogen (secondary N) is 1. The first-order valence-corrected chi connectivity index (χ1v) is 7.14. The van der Waals surface area contributed by atoms with Crippen molar-refractivity contribution in [1.82, 2.24) is 10.3 Å². The van der Waals surface area contributed by atoms with Crippen LogP contribution in [0, 0.1) is 0 Å². The second-order valence-corrected chi connectivity index (χ2v) is 5.12. The van der Waals surface area contributed by atoms with Gasteiger partial charge >= 0.3 is 6.18 Å². The molecule has 2 aromatic rings. The van der Waals surface area contributed by atoms with Crippen LogP contribution < -0.4 is 5.32 Å². The Hall–Kier alpha value is -1.62. The Bertz CT molecular complexity index is 581. The Morgan fingerprint density at radius 1 is 1.24 bits per heavy atom. The Morgan fingerprint density at radius 3 is 2.76 bits per heavy atom. The van der Waals surface area contributed by atoms with Gasteiger partial charge in [0.1, 0.15) is 0 Å². The van der Waals surface area contributed by atoms with Crippen molar-refractivity contribution in [1.29, 1.82) is 0 Å². The summed E-state index contributed by atoms with van der Waals surface area (Å²) >= 11 is 0. The lowest BCUT2D eigenvalue weighted by Gasteiger charge is -2.20. The molecule has 1 atom stereocenters. The van der Waals surface area contributed by atoms with Crippen molar-refractivity contribution >= 4 is 10.9 Å². The van der Waals surface area contributed by atoms with Crippen LogP contribution in [0.5, 0.6) is 0 Å². The number of rotatable bonds is 6. The minimum absolute atomic E-state index is 0.0435. The molecule has 2 nitrogen and oxygen atoms in total. The SMILES string of the molecule is CCCNC(CCC(F)(F)F)c1ccc2cccnc2c1. The second kappa shape index (κ2) is 6.89. The number of fused-ring (bicyclic) bond motifs is 1. The average molecular weight is 296 g/mol. The van der Waals surface area contributed by atoms with Crippen LogP contribution in [0.4, 0.5) is 13.2 Å². The fraction of sp³-hybridized carbons (Fsp3) is 0.438. The number of nitrogens with zero attached hydrogens (tertiary/aromatic N) is 1. The zero-order valence-electron chi connectivity index (χ0n) is 12.0. The predicted octanol–water partition coefficient (Wildman–Crippen LogP) is 4.62. The molecule has 1 unspecified atom stereocenters. The van der Waals surface area contributed by atoms with Gasteiger partial charge in [0.2, 0.25) is 0 Å². The van der Waals surface area contributed by atoms with E-state index in [1.807, 2.05) is 37.3 Å². The van der Waals surface area contributed by atoms with Crippen LogP contribution in [0.2, 0.25) is 0 Å². The van der Waals surface area contributed by atoms with Gasteiger partial charge in [-0.3, -0.25) is 4.98 Å². The minimum Gasteiger partial charge on any atom is -0.310 e. The quantitative estimate of drug-likeness (QED) is 0.841. The van der Waals surface area contributed by atoms with E-state index in [1.54, 1.807) is 6.20 Å². The molecule has 0 amide bonds. The molecule has 0 saturated carbocycles. The van der Waals surface area contributed by atoms with E-state index in [9.17, 15) is 13.2 Å². The molecular formula is C16H19F3N2. The minimum atomic E-state index is -4.12. The molecule has 0 spiro atoms. The fourth-order valence-corrected chi connectivity index (χ4v) is 2.31. The lowest BCUT2D eigenvalue weighted by molar-refractivity contribution is -0.136. The fourth-order valence-electron chi connectivity index (χ4n) is 2.31. The highest BCUT2D eigenvalue weighted by Gasteiger charge is 2.28. The summed E-state index contributed by atoms with van der Waals surface area (Å²) in [5.74, 6) is 0. The average Bonchev–Trinajstić information content (AvgIpc) is 2.46. The van der Waals surface area contributed by atoms with Crippen LogP contribution >= 0.6 is 0 Å². The molecule has 1 aromatic carbocycles. The summed E-state index contributed by atoms with van der Waals surface area (Å²) < 4.78 is 37.4. The number of aromatic nitrogens is 1. The highest BCUT2D eigenvalue weighted by molar-refractivity contribution is 5.78. The maximum Gasteiger partial charge on any atom is 0.389 e. The molecule has 0 radical (unpaired) electrons. The molecule has 5 heteroatoms. The standard InChI is InChI=1S/C16H19F3N2/c1-2-9-20-14(7-8-16(17,18)19)13-6-5-12-4-3-10-21-15(12)11-13/h3-6,10-11,14,20H,2,7-9H2,1H3. The summed E-state index contributed by atoms with van der Waals surface area (Å²) in [5, 5.41) is 4.19. The molecule has 0 aliphatic carbocycles. The van der Waals surface area contributed by atoms with Gasteiger partial charge < -0.3 is 5.32 Å². The van der Waals surface area contributed by atoms with Gasteiger partial charge in [0.05, 0.1) is 5.52 Å². The summed E-state index contributed by atoms with van der Waals surface area (Å²) in [6.45, 7) is 2.69. The molecule has 21 heavy (non-hydrogen) atoms. The highest BCUT2D eigenvalue weighted by Crippen LogP contribution is 2.28. The van der Waals surface area contributed by atoms with Crippen LogP contribution in [0.3, 0.4) is 0 Å². The number of alkyl halides is 3. The van der Waals surface area contributed by atoms with Crippen molar-refractivity contribution in [2.24, 2.45) is 0 Å². The monoisotopic (exact) mass is 296 g/mol. The Labute approximate surface area is 122 Å². The highest BCUT2D eigenvalue weighted by atomic mass is 19.4. The second-order valence-electron chi connectivity index (χ2n) is 5.12. The number of halogens is 3. The smallest absolute Gasteiger partial charge is 0.310 e. The van der Waals surface area contributed by atoms with Crippen LogP contribution in [-0.4, -0.2) is 17.7 Å². The third kappa shape index (κ3) is 4.70. The van der Waals surface area contributed by atoms with E-state index < -0.39 is 12.6 Å². The molecule has 114 valence electrons. The summed E-state index contributed by atoms with van der Waals surface area (Å²) in [5.41, 5.74) is 1.67. The topological polar surface area (TPSA) is 24.9 Å². The number of benzene rings is 1. The van der Waals surface area contributed by atoms with E-state index in [0.29, 0.717) is 6.54 Å². The lowest BCUT2D eigenvalue weighted by Crippen LogP contribution is -2.24. The predicted molar refractivity (Wildman–Crippen MR) is 78.1 cm³/mol. The van der Waals surface area contributed by atoms with Crippen LogP contribution in [0.1, 0.15) is 37.8 Å². The third-order valence-electron chi connectivity index (χ3n) is 3.39. The molecule has 0 bridgehead atoms. The summed E-state index contributed by atoms with van der Waals surface area (Å²) in [6.07, 6.45) is -2.29. The normalized spacial score (nSPS) is 13.5. The molecule has 0 fully saturated rings. The zero-order chi connectivity index (χ0) is 15.3. The molecule has 0 saturated heterocycles. The van der Waals surface area contributed by atoms with Gasteiger partial charge in [-0.2, -0.15) is 13.2 Å². The zero-order valence-corrected chi connectivity index (χ0v) is 12.0. The summed E-state index contributed by atoms with van der Waals surface area (Å²) in [4.78, 5) is 4.26. The van der Waals surface area contributed by atoms with E-state index in [4.69, 9.17) is 0 Å². The van der Waals surface area contributed by atoms with Crippen LogP contribution in [0.25, 0.3) is 10.9 Å². The molecular weight excluding hydrogens is 277 g/mol. The van der Waals surface area contributed by atoms with E-state index in [1.165, 1.54) is 0 Å². The van der Waals surface area contributed by atoms with Crippen LogP contribution in [-0.2, 0) is 0 Å². The maximum absolute atomic E-state index is 12.5. The molecule has 0 aliphatic rings. The first kappa shape index (κ1) is 15.8. The van der Waals surface area contributed by atoms with Crippen molar-refractivity contribution in [3.8, 4) is 0 Å². The molecule has 1 heterocycles. The van der Waals surface area contributed by atoms with Gasteiger partial charge in [0, 0.05) is 24.0 Å². The van der Waals surface area contributed by atoms with Crippen molar-refractivity contribution in [3.05, 3.63) is 42.1 Å². The van der Waals surface area contributed by atoms with Gasteiger partial charge in [-0.05, 0) is 37.1 Å². The third-order valence-corrected chi connectivity index (χ3v) is 3.39. The molecule has 1 aromatic heterocycles. The van der Waals surface area contributed by atoms with Gasteiger partial charge in [-0.25, -0.2) is 0 Å². The van der Waals surface area contributed by atoms with E-state index >= 15 is 0 Å². The molecule has 1 N–H and O–H groups in total. The molecule has 0 aliphatic heterocycles. The van der Waals surface area contributed by atoms with E-state index in [-0.39, 0.29) is 12.5 Å². The summed E-state index contributed by atoms with van der Waals surface area (Å²) in [6, 6.07) is 9.16. The maximum atomic E-state index is 12.5. The van der Waals surface area contributed by atoms with Crippen LogP contribution in [0.15, 0.2) is 36.5 Å². The Morgan fingerprint density at radius 2 is 2.05 bits per heavy atom. The van der Waals surface area contributed by atoms with Crippen molar-refractivity contribution in [2.45, 2.75) is 38.4 Å². The van der Waals surface area contributed by atoms with E-state index in [2.05, 4.69) is 10.3 Å². The van der Waals surface area contributed by atoms with Crippen molar-refractivity contribution < 1.29 is 13.2 Å². The first-order chi connectivity index (χ1) is 9.99. The Kier molecular flexibility index (Phi) is 5.17. The van der Waals surface area contributed by atoms with Gasteiger partial charge in [-0.1, -0.05) is 25.1 Å². The first-order valence-electron chi connectivity index (χ1n) is 7.14. The lowest BCUT2D eigenvalue weighted by atomic mass is 10.00. The largest absolute Gasteiger partial charge is 0.389 e. The summed E-state index contributed by atoms with van der Waals surface area (Å²) in [7, 11) is 0. The van der Waals surface area contributed by atoms with Gasteiger partial charge in [0.25, 0.3) is 0 Å². The van der Waals surface area contributed by atoms with Crippen molar-refractivity contribution in [2.75, 3.05) is 6.54 Å². The van der Waals surface area contributed by atoms with Gasteiger partial charge in [-0.15, -0.1) is 0 Å². The Balaban J connectivity index is 2.20.